The summed E-state index contributed by atoms with van der Waals surface area (Å²) in [4.78, 5) is 4.16. The maximum absolute atomic E-state index is 8.85. The third kappa shape index (κ3) is 6.37. The van der Waals surface area contributed by atoms with Gasteiger partial charge in [-0.25, -0.2) is 0 Å². The van der Waals surface area contributed by atoms with Crippen LogP contribution < -0.4 is 9.47 Å². The van der Waals surface area contributed by atoms with E-state index < -0.39 is 0 Å². The molecule has 1 aliphatic rings. The minimum Gasteiger partial charge on any atom is -0.485 e. The van der Waals surface area contributed by atoms with Gasteiger partial charge in [0.15, 0.2) is 11.5 Å². The van der Waals surface area contributed by atoms with Crippen LogP contribution in [0.1, 0.15) is 25.3 Å². The molecule has 4 nitrogen and oxygen atoms in total. The van der Waals surface area contributed by atoms with E-state index in [9.17, 15) is 0 Å². The standard InChI is InChI=1S/C22H27NO3/c1-3-18(4-2)16-26-22-14-20(15-23-12-13-24)10-11-21(22)25-17-19-8-6-5-7-9-19/h3-4,6,8-11,14-15,24H,1,5,7,12-13,16-17H2,2H3/b18-4+,23-15?. The minimum absolute atomic E-state index is 0.0354. The van der Waals surface area contributed by atoms with E-state index >= 15 is 0 Å². The molecule has 0 unspecified atom stereocenters. The molecule has 0 bridgehead atoms. The number of benzene rings is 1. The number of nitrogens with zero attached hydrogens (tertiary/aromatic N) is 1. The molecular formula is C22H27NO3. The highest BCUT2D eigenvalue weighted by Gasteiger charge is 2.08. The van der Waals surface area contributed by atoms with Crippen LogP contribution in [-0.4, -0.2) is 37.7 Å². The molecule has 1 aromatic carbocycles. The SMILES string of the molecule is C=C/C(=C\C)COc1cc(C=NCCO)ccc1OCC1=CCCC=C1. The van der Waals surface area contributed by atoms with E-state index in [2.05, 4.69) is 29.8 Å². The molecular weight excluding hydrogens is 326 g/mol. The highest BCUT2D eigenvalue weighted by molar-refractivity contribution is 5.80. The Balaban J connectivity index is 2.13. The predicted octanol–water partition coefficient (Wildman–Crippen LogP) is 4.26. The zero-order chi connectivity index (χ0) is 18.6. The third-order valence-corrected chi connectivity index (χ3v) is 3.93. The van der Waals surface area contributed by atoms with Crippen LogP contribution >= 0.6 is 0 Å². The van der Waals surface area contributed by atoms with Gasteiger partial charge in [0, 0.05) is 6.21 Å². The van der Waals surface area contributed by atoms with Crippen LogP contribution in [0.5, 0.6) is 11.5 Å². The summed E-state index contributed by atoms with van der Waals surface area (Å²) in [6.07, 6.45) is 14.1. The van der Waals surface area contributed by atoms with E-state index in [-0.39, 0.29) is 6.61 Å². The fraction of sp³-hybridized carbons (Fsp3) is 0.318. The zero-order valence-corrected chi connectivity index (χ0v) is 15.4. The molecule has 0 amide bonds. The van der Waals surface area contributed by atoms with Gasteiger partial charge in [0.25, 0.3) is 0 Å². The first-order valence-corrected chi connectivity index (χ1v) is 8.90. The molecule has 0 saturated carbocycles. The summed E-state index contributed by atoms with van der Waals surface area (Å²) in [5, 5.41) is 8.85. The Hall–Kier alpha value is -2.59. The van der Waals surface area contributed by atoms with Crippen molar-refractivity contribution in [2.75, 3.05) is 26.4 Å². The van der Waals surface area contributed by atoms with Gasteiger partial charge in [-0.2, -0.15) is 0 Å². The van der Waals surface area contributed by atoms with Crippen molar-refractivity contribution in [3.63, 3.8) is 0 Å². The second-order valence-electron chi connectivity index (χ2n) is 5.87. The van der Waals surface area contributed by atoms with Gasteiger partial charge in [0.1, 0.15) is 13.2 Å². The Bertz CT molecular complexity index is 714. The summed E-state index contributed by atoms with van der Waals surface area (Å²) in [5.74, 6) is 1.36. The van der Waals surface area contributed by atoms with E-state index in [0.717, 1.165) is 24.0 Å². The minimum atomic E-state index is 0.0354. The van der Waals surface area contributed by atoms with Crippen molar-refractivity contribution < 1.29 is 14.6 Å². The van der Waals surface area contributed by atoms with E-state index in [1.165, 1.54) is 5.57 Å². The van der Waals surface area contributed by atoms with Gasteiger partial charge in [0.05, 0.1) is 13.2 Å². The van der Waals surface area contributed by atoms with Crippen molar-refractivity contribution in [2.24, 2.45) is 4.99 Å². The lowest BCUT2D eigenvalue weighted by Gasteiger charge is -2.15. The quantitative estimate of drug-likeness (QED) is 0.505. The van der Waals surface area contributed by atoms with E-state index in [1.807, 2.05) is 31.2 Å². The number of ether oxygens (including phenoxy) is 2. The molecule has 1 N–H and O–H groups in total. The summed E-state index contributed by atoms with van der Waals surface area (Å²) in [5.41, 5.74) is 3.09. The molecule has 1 aliphatic carbocycles. The Morgan fingerprint density at radius 2 is 2.15 bits per heavy atom. The van der Waals surface area contributed by atoms with Crippen molar-refractivity contribution in [1.29, 1.82) is 0 Å². The molecule has 0 aromatic heterocycles. The monoisotopic (exact) mass is 353 g/mol. The number of aliphatic imine (C=N–C) groups is 1. The van der Waals surface area contributed by atoms with Gasteiger partial charge in [0.2, 0.25) is 0 Å². The Morgan fingerprint density at radius 1 is 1.27 bits per heavy atom. The highest BCUT2D eigenvalue weighted by Crippen LogP contribution is 2.29. The second kappa shape index (κ2) is 11.1. The highest BCUT2D eigenvalue weighted by atomic mass is 16.5. The molecule has 0 fully saturated rings. The zero-order valence-electron chi connectivity index (χ0n) is 15.4. The largest absolute Gasteiger partial charge is 0.485 e. The average molecular weight is 353 g/mol. The van der Waals surface area contributed by atoms with Crippen molar-refractivity contribution in [2.45, 2.75) is 19.8 Å². The predicted molar refractivity (Wildman–Crippen MR) is 107 cm³/mol. The maximum atomic E-state index is 8.85. The molecule has 0 heterocycles. The van der Waals surface area contributed by atoms with Gasteiger partial charge < -0.3 is 14.6 Å². The maximum Gasteiger partial charge on any atom is 0.162 e. The molecule has 0 saturated heterocycles. The van der Waals surface area contributed by atoms with Crippen LogP contribution in [0.3, 0.4) is 0 Å². The molecule has 138 valence electrons. The number of aliphatic hydroxyl groups is 1. The lowest BCUT2D eigenvalue weighted by Crippen LogP contribution is -2.05. The number of hydrogen-bond acceptors (Lipinski definition) is 4. The first kappa shape index (κ1) is 19.7. The van der Waals surface area contributed by atoms with Crippen LogP contribution in [0.15, 0.2) is 71.3 Å². The topological polar surface area (TPSA) is 51.0 Å². The fourth-order valence-electron chi connectivity index (χ4n) is 2.42. The van der Waals surface area contributed by atoms with Gasteiger partial charge in [-0.05, 0) is 54.7 Å². The molecule has 4 heteroatoms. The summed E-state index contributed by atoms with van der Waals surface area (Å²) in [7, 11) is 0. The number of aliphatic hydroxyl groups excluding tert-OH is 1. The number of hydrogen-bond donors (Lipinski definition) is 1. The molecule has 0 atom stereocenters. The normalized spacial score (nSPS) is 14.4. The van der Waals surface area contributed by atoms with Crippen molar-refractivity contribution in [3.05, 3.63) is 71.9 Å². The van der Waals surface area contributed by atoms with Crippen molar-refractivity contribution in [3.8, 4) is 11.5 Å². The molecule has 0 aliphatic heterocycles. The van der Waals surface area contributed by atoms with Gasteiger partial charge >= 0.3 is 0 Å². The Labute approximate surface area is 155 Å². The van der Waals surface area contributed by atoms with Crippen LogP contribution in [-0.2, 0) is 0 Å². The third-order valence-electron chi connectivity index (χ3n) is 3.93. The molecule has 2 rings (SSSR count). The van der Waals surface area contributed by atoms with Gasteiger partial charge in [-0.3, -0.25) is 4.99 Å². The summed E-state index contributed by atoms with van der Waals surface area (Å²) < 4.78 is 11.9. The van der Waals surface area contributed by atoms with E-state index in [1.54, 1.807) is 12.3 Å². The second-order valence-corrected chi connectivity index (χ2v) is 5.87. The van der Waals surface area contributed by atoms with Gasteiger partial charge in [-0.1, -0.05) is 37.0 Å². The van der Waals surface area contributed by atoms with Crippen LogP contribution in [0.2, 0.25) is 0 Å². The van der Waals surface area contributed by atoms with E-state index in [0.29, 0.717) is 31.3 Å². The van der Waals surface area contributed by atoms with Gasteiger partial charge in [-0.15, -0.1) is 0 Å². The lowest BCUT2D eigenvalue weighted by atomic mass is 10.1. The summed E-state index contributed by atoms with van der Waals surface area (Å²) in [6.45, 7) is 7.11. The smallest absolute Gasteiger partial charge is 0.162 e. The molecule has 1 aromatic rings. The van der Waals surface area contributed by atoms with Crippen molar-refractivity contribution >= 4 is 6.21 Å². The summed E-state index contributed by atoms with van der Waals surface area (Å²) >= 11 is 0. The Morgan fingerprint density at radius 3 is 2.85 bits per heavy atom. The summed E-state index contributed by atoms with van der Waals surface area (Å²) in [6, 6.07) is 5.72. The molecule has 0 radical (unpaired) electrons. The van der Waals surface area contributed by atoms with E-state index in [4.69, 9.17) is 14.6 Å². The number of rotatable bonds is 10. The first-order valence-electron chi connectivity index (χ1n) is 8.90. The van der Waals surface area contributed by atoms with Crippen molar-refractivity contribution in [1.82, 2.24) is 0 Å². The number of allylic oxidation sites excluding steroid dienone is 3. The fourth-order valence-corrected chi connectivity index (χ4v) is 2.42. The van der Waals surface area contributed by atoms with Crippen LogP contribution in [0.4, 0.5) is 0 Å². The van der Waals surface area contributed by atoms with Crippen LogP contribution in [0.25, 0.3) is 0 Å². The van der Waals surface area contributed by atoms with Crippen LogP contribution in [0, 0.1) is 0 Å². The lowest BCUT2D eigenvalue weighted by molar-refractivity contribution is 0.301. The average Bonchev–Trinajstić information content (AvgIpc) is 2.69. The molecule has 26 heavy (non-hydrogen) atoms. The first-order chi connectivity index (χ1) is 12.8. The molecule has 0 spiro atoms. The Kier molecular flexibility index (Phi) is 8.43.